The van der Waals surface area contributed by atoms with Crippen molar-refractivity contribution in [3.8, 4) is 11.4 Å². The van der Waals surface area contributed by atoms with E-state index < -0.39 is 31.6 Å². The van der Waals surface area contributed by atoms with Gasteiger partial charge in [0.1, 0.15) is 0 Å². The summed E-state index contributed by atoms with van der Waals surface area (Å²) < 4.78 is 31.4. The lowest BCUT2D eigenvalue weighted by Gasteiger charge is -2.31. The summed E-state index contributed by atoms with van der Waals surface area (Å²) in [4.78, 5) is 29.3. The maximum atomic E-state index is 16.2. The Morgan fingerprint density at radius 2 is 1.96 bits per heavy atom. The molecule has 0 saturated carbocycles. The average molecular weight is 666 g/mol. The van der Waals surface area contributed by atoms with Crippen molar-refractivity contribution in [2.24, 2.45) is 5.92 Å². The lowest BCUT2D eigenvalue weighted by Crippen LogP contribution is -2.45. The second kappa shape index (κ2) is 12.4. The Bertz CT molecular complexity index is 1830. The summed E-state index contributed by atoms with van der Waals surface area (Å²) in [6.45, 7) is 5.84. The predicted molar refractivity (Wildman–Crippen MR) is 175 cm³/mol. The number of aliphatic hydroxyl groups is 1. The van der Waals surface area contributed by atoms with Gasteiger partial charge in [-0.3, -0.25) is 18.8 Å². The van der Waals surface area contributed by atoms with Crippen LogP contribution in [-0.4, -0.2) is 58.8 Å². The van der Waals surface area contributed by atoms with E-state index in [2.05, 4.69) is 10.3 Å². The molecule has 2 aliphatic heterocycles. The normalized spacial score (nSPS) is 22.5. The van der Waals surface area contributed by atoms with Crippen molar-refractivity contribution in [2.45, 2.75) is 63.2 Å². The minimum absolute atomic E-state index is 0.0292. The van der Waals surface area contributed by atoms with Crippen LogP contribution in [0.4, 0.5) is 9.80 Å². The standard InChI is InChI=1S/C33H37ClFN5O5Si/c1-21-30(46(3,4)35)28(12-15-38-20-24(13-16-41)36-37-38)45-33(21)26-18-23(34)10-11-27(26)40(32(33)43)19-22-7-5-8-25(17-22)39-14-6-9-29(44-2)31(39)42/h5-11,14,17-18,20-21,28,30,41H,12-13,15-16,19H2,1-4H3/t21-,28+,30-,33+/m1/s1. The number of methoxy groups -OCH3 is 1. The Labute approximate surface area is 272 Å². The number of hydrogen-bond acceptors (Lipinski definition) is 7. The van der Waals surface area contributed by atoms with Crippen molar-refractivity contribution >= 4 is 31.6 Å². The highest BCUT2D eigenvalue weighted by Gasteiger charge is 2.66. The molecule has 2 aromatic heterocycles. The summed E-state index contributed by atoms with van der Waals surface area (Å²) in [5.74, 6) is -0.514. The van der Waals surface area contributed by atoms with E-state index in [1.54, 1.807) is 59.3 Å². The molecule has 1 saturated heterocycles. The van der Waals surface area contributed by atoms with Crippen molar-refractivity contribution in [1.29, 1.82) is 0 Å². The molecular formula is C33H37ClFN5O5Si. The fourth-order valence-electron chi connectivity index (χ4n) is 7.20. The van der Waals surface area contributed by atoms with E-state index in [0.717, 1.165) is 5.56 Å². The van der Waals surface area contributed by atoms with Crippen molar-refractivity contribution in [3.05, 3.63) is 99.2 Å². The lowest BCUT2D eigenvalue weighted by atomic mass is 9.82. The van der Waals surface area contributed by atoms with Crippen LogP contribution in [0.15, 0.2) is 71.8 Å². The molecule has 4 atom stereocenters. The summed E-state index contributed by atoms with van der Waals surface area (Å²) in [6.07, 6.45) is 3.71. The van der Waals surface area contributed by atoms with Gasteiger partial charge in [-0.25, -0.2) is 0 Å². The molecule has 13 heteroatoms. The number of nitrogens with zero attached hydrogens (tertiary/aromatic N) is 5. The average Bonchev–Trinajstić information content (AvgIpc) is 3.66. The number of rotatable bonds is 10. The molecule has 1 spiro atoms. The van der Waals surface area contributed by atoms with Crippen LogP contribution in [0.2, 0.25) is 23.7 Å². The summed E-state index contributed by atoms with van der Waals surface area (Å²) >= 11 is 6.52. The molecule has 242 valence electrons. The number of ether oxygens (including phenoxy) is 2. The fourth-order valence-corrected chi connectivity index (χ4v) is 9.92. The number of pyridine rings is 1. The Balaban J connectivity index is 1.34. The maximum Gasteiger partial charge on any atom is 0.297 e. The predicted octanol–water partition coefficient (Wildman–Crippen LogP) is 5.04. The van der Waals surface area contributed by atoms with Gasteiger partial charge in [-0.15, -0.1) is 5.10 Å². The molecule has 46 heavy (non-hydrogen) atoms. The number of aromatic nitrogens is 4. The Morgan fingerprint density at radius 1 is 1.15 bits per heavy atom. The number of anilines is 1. The maximum absolute atomic E-state index is 16.2. The summed E-state index contributed by atoms with van der Waals surface area (Å²) in [5.41, 5.74) is 1.19. The Kier molecular flexibility index (Phi) is 8.66. The molecule has 6 rings (SSSR count). The third kappa shape index (κ3) is 5.57. The summed E-state index contributed by atoms with van der Waals surface area (Å²) in [7, 11) is -1.91. The van der Waals surface area contributed by atoms with Crippen LogP contribution in [0, 0.1) is 5.92 Å². The number of aliphatic hydroxyl groups excluding tert-OH is 1. The molecule has 4 heterocycles. The van der Waals surface area contributed by atoms with Crippen LogP contribution in [0.5, 0.6) is 5.75 Å². The van der Waals surface area contributed by atoms with Crippen molar-refractivity contribution in [1.82, 2.24) is 19.6 Å². The highest BCUT2D eigenvalue weighted by molar-refractivity contribution is 6.72. The van der Waals surface area contributed by atoms with E-state index in [0.29, 0.717) is 47.0 Å². The van der Waals surface area contributed by atoms with E-state index in [1.807, 2.05) is 37.3 Å². The van der Waals surface area contributed by atoms with Gasteiger partial charge in [0.05, 0.1) is 31.1 Å². The first-order valence-corrected chi connectivity index (χ1v) is 18.6. The molecule has 2 aliphatic rings. The van der Waals surface area contributed by atoms with Gasteiger partial charge in [0.25, 0.3) is 11.5 Å². The Morgan fingerprint density at radius 3 is 2.70 bits per heavy atom. The second-order valence-electron chi connectivity index (χ2n) is 12.5. The van der Waals surface area contributed by atoms with E-state index in [-0.39, 0.29) is 30.4 Å². The zero-order valence-electron chi connectivity index (χ0n) is 26.2. The van der Waals surface area contributed by atoms with Gasteiger partial charge in [0.2, 0.25) is 8.41 Å². The van der Waals surface area contributed by atoms with Crippen LogP contribution in [-0.2, 0) is 34.6 Å². The number of fused-ring (bicyclic) bond motifs is 2. The van der Waals surface area contributed by atoms with Crippen LogP contribution >= 0.6 is 11.6 Å². The van der Waals surface area contributed by atoms with Crippen LogP contribution in [0.1, 0.15) is 30.2 Å². The molecule has 1 fully saturated rings. The fraction of sp³-hybridized carbons (Fsp3) is 0.394. The molecule has 0 bridgehead atoms. The molecule has 4 aromatic rings. The number of amides is 1. The van der Waals surface area contributed by atoms with Crippen LogP contribution in [0.3, 0.4) is 0 Å². The molecule has 1 N–H and O–H groups in total. The smallest absolute Gasteiger partial charge is 0.297 e. The highest BCUT2D eigenvalue weighted by atomic mass is 35.5. The Hall–Kier alpha value is -3.84. The van der Waals surface area contributed by atoms with Crippen LogP contribution in [0.25, 0.3) is 5.69 Å². The number of carbonyl (C=O) groups excluding carboxylic acids is 1. The van der Waals surface area contributed by atoms with Gasteiger partial charge in [0, 0.05) is 59.7 Å². The van der Waals surface area contributed by atoms with E-state index in [9.17, 15) is 14.7 Å². The molecular weight excluding hydrogens is 629 g/mol. The molecule has 1 amide bonds. The SMILES string of the molecule is COc1cccn(-c2cccc(CN3C(=O)[C@@]4(O[C@@H](CCn5cc(CCO)nn5)[C@H]([Si](C)(C)F)[C@H]4C)c4cc(Cl)ccc43)c2)c1=O. The molecule has 0 radical (unpaired) electrons. The number of hydrogen-bond donors (Lipinski definition) is 1. The topological polar surface area (TPSA) is 112 Å². The van der Waals surface area contributed by atoms with Crippen molar-refractivity contribution in [3.63, 3.8) is 0 Å². The highest BCUT2D eigenvalue weighted by Crippen LogP contribution is 2.60. The zero-order valence-corrected chi connectivity index (χ0v) is 27.9. The third-order valence-electron chi connectivity index (χ3n) is 9.18. The number of benzene rings is 2. The van der Waals surface area contributed by atoms with Crippen LogP contribution < -0.4 is 15.2 Å². The minimum Gasteiger partial charge on any atom is -0.491 e. The second-order valence-corrected chi connectivity index (χ2v) is 16.7. The number of carbonyl (C=O) groups is 1. The quantitative estimate of drug-likeness (QED) is 0.187. The van der Waals surface area contributed by atoms with Gasteiger partial charge in [-0.1, -0.05) is 35.9 Å². The zero-order chi connectivity index (χ0) is 32.8. The third-order valence-corrected chi connectivity index (χ3v) is 11.9. The number of halogens is 2. The van der Waals surface area contributed by atoms with Crippen molar-refractivity contribution < 1.29 is 23.5 Å². The first-order chi connectivity index (χ1) is 22.0. The van der Waals surface area contributed by atoms with Gasteiger partial charge < -0.3 is 23.6 Å². The minimum atomic E-state index is -3.36. The van der Waals surface area contributed by atoms with Gasteiger partial charge in [0.15, 0.2) is 11.4 Å². The first-order valence-electron chi connectivity index (χ1n) is 15.3. The summed E-state index contributed by atoms with van der Waals surface area (Å²) in [6, 6.07) is 16.1. The molecule has 0 aliphatic carbocycles. The first kappa shape index (κ1) is 32.1. The molecule has 10 nitrogen and oxygen atoms in total. The molecule has 0 unspecified atom stereocenters. The van der Waals surface area contributed by atoms with Gasteiger partial charge >= 0.3 is 0 Å². The monoisotopic (exact) mass is 665 g/mol. The van der Waals surface area contributed by atoms with E-state index >= 15 is 4.11 Å². The van der Waals surface area contributed by atoms with Gasteiger partial charge in [-0.05, 0) is 67.5 Å². The van der Waals surface area contributed by atoms with Gasteiger partial charge in [-0.2, -0.15) is 0 Å². The largest absolute Gasteiger partial charge is 0.491 e. The molecule has 2 aromatic carbocycles. The van der Waals surface area contributed by atoms with E-state index in [4.69, 9.17) is 21.1 Å². The van der Waals surface area contributed by atoms with Crippen molar-refractivity contribution in [2.75, 3.05) is 18.6 Å². The summed E-state index contributed by atoms with van der Waals surface area (Å²) in [5, 5.41) is 17.9. The lowest BCUT2D eigenvalue weighted by molar-refractivity contribution is -0.146. The van der Waals surface area contributed by atoms with E-state index in [1.165, 1.54) is 11.7 Å². The number of aryl methyl sites for hydroxylation is 1.